The Morgan fingerprint density at radius 2 is 2.00 bits per heavy atom. The zero-order chi connectivity index (χ0) is 14.1. The number of nitrogen functional groups attached to an aromatic ring is 1. The van der Waals surface area contributed by atoms with Crippen LogP contribution in [0.15, 0.2) is 48.8 Å². The zero-order valence-electron chi connectivity index (χ0n) is 11.0. The van der Waals surface area contributed by atoms with Crippen LogP contribution in [0.5, 0.6) is 0 Å². The normalized spacial score (nSPS) is 10.7. The van der Waals surface area contributed by atoms with Crippen molar-refractivity contribution in [2.24, 2.45) is 0 Å². The van der Waals surface area contributed by atoms with E-state index in [0.29, 0.717) is 17.1 Å². The molecule has 0 aliphatic rings. The molecule has 0 aliphatic carbocycles. The summed E-state index contributed by atoms with van der Waals surface area (Å²) in [5, 5.41) is 4.94. The Kier molecular flexibility index (Phi) is 2.99. The third kappa shape index (κ3) is 2.05. The van der Waals surface area contributed by atoms with Gasteiger partial charge in [0.1, 0.15) is 5.82 Å². The third-order valence-corrected chi connectivity index (χ3v) is 3.34. The summed E-state index contributed by atoms with van der Waals surface area (Å²) >= 11 is 0. The van der Waals surface area contributed by atoms with Crippen LogP contribution in [-0.2, 0) is 0 Å². The van der Waals surface area contributed by atoms with Crippen LogP contribution in [0, 0.1) is 12.7 Å². The van der Waals surface area contributed by atoms with Gasteiger partial charge in [-0.2, -0.15) is 0 Å². The summed E-state index contributed by atoms with van der Waals surface area (Å²) in [6.45, 7) is 1.85. The molecule has 3 rings (SSSR count). The number of nitrogens with two attached hydrogens (primary N) is 1. The number of aromatic nitrogens is 1. The van der Waals surface area contributed by atoms with E-state index < -0.39 is 0 Å². The van der Waals surface area contributed by atoms with E-state index in [0.717, 1.165) is 16.3 Å². The van der Waals surface area contributed by atoms with Crippen LogP contribution in [0.1, 0.15) is 5.56 Å². The summed E-state index contributed by atoms with van der Waals surface area (Å²) in [7, 11) is 0. The Balaban J connectivity index is 2.10. The zero-order valence-corrected chi connectivity index (χ0v) is 11.0. The molecule has 0 bridgehead atoms. The summed E-state index contributed by atoms with van der Waals surface area (Å²) in [6.07, 6.45) is 3.45. The molecule has 0 radical (unpaired) electrons. The molecule has 0 atom stereocenters. The maximum atomic E-state index is 13.9. The lowest BCUT2D eigenvalue weighted by molar-refractivity contribution is 0.631. The van der Waals surface area contributed by atoms with Gasteiger partial charge in [-0.25, -0.2) is 4.39 Å². The van der Waals surface area contributed by atoms with Crippen molar-refractivity contribution >= 4 is 27.8 Å². The molecular formula is C16H14FN3. The quantitative estimate of drug-likeness (QED) is 0.690. The largest absolute Gasteiger partial charge is 0.397 e. The number of nitrogens with one attached hydrogen (secondary N) is 1. The molecule has 1 aromatic heterocycles. The Bertz CT molecular complexity index is 764. The van der Waals surface area contributed by atoms with Crippen LogP contribution >= 0.6 is 0 Å². The first-order valence-corrected chi connectivity index (χ1v) is 6.31. The molecule has 3 N–H and O–H groups in total. The van der Waals surface area contributed by atoms with Crippen LogP contribution in [0.2, 0.25) is 0 Å². The maximum absolute atomic E-state index is 13.9. The molecule has 3 nitrogen and oxygen atoms in total. The minimum Gasteiger partial charge on any atom is -0.397 e. The topological polar surface area (TPSA) is 50.9 Å². The van der Waals surface area contributed by atoms with Gasteiger partial charge in [-0.15, -0.1) is 0 Å². The van der Waals surface area contributed by atoms with Gasteiger partial charge in [-0.05, 0) is 30.7 Å². The lowest BCUT2D eigenvalue weighted by Crippen LogP contribution is -2.00. The number of nitrogens with zero attached hydrogens (tertiary/aromatic N) is 1. The molecule has 0 amide bonds. The molecular weight excluding hydrogens is 253 g/mol. The van der Waals surface area contributed by atoms with Gasteiger partial charge in [0.2, 0.25) is 0 Å². The average molecular weight is 267 g/mol. The highest BCUT2D eigenvalue weighted by Crippen LogP contribution is 2.32. The van der Waals surface area contributed by atoms with Crippen molar-refractivity contribution in [1.82, 2.24) is 4.98 Å². The minimum absolute atomic E-state index is 0.292. The summed E-state index contributed by atoms with van der Waals surface area (Å²) in [5.41, 5.74) is 8.72. The molecule has 0 saturated heterocycles. The van der Waals surface area contributed by atoms with Gasteiger partial charge in [-0.3, -0.25) is 4.98 Å². The number of hydrogen-bond acceptors (Lipinski definition) is 3. The number of halogens is 1. The number of aryl methyl sites for hydroxylation is 1. The molecule has 0 saturated carbocycles. The van der Waals surface area contributed by atoms with Crippen molar-refractivity contribution in [2.45, 2.75) is 6.92 Å². The molecule has 0 unspecified atom stereocenters. The van der Waals surface area contributed by atoms with E-state index in [9.17, 15) is 4.39 Å². The molecule has 100 valence electrons. The van der Waals surface area contributed by atoms with Crippen LogP contribution in [0.4, 0.5) is 21.5 Å². The number of hydrogen-bond donors (Lipinski definition) is 2. The van der Waals surface area contributed by atoms with Crippen molar-refractivity contribution in [3.63, 3.8) is 0 Å². The SMILES string of the molecule is Cc1cccc(F)c1Nc1ccc2cnccc2c1N. The molecule has 1 heterocycles. The van der Waals surface area contributed by atoms with Gasteiger partial charge in [-0.1, -0.05) is 18.2 Å². The van der Waals surface area contributed by atoms with Crippen LogP contribution in [0.25, 0.3) is 10.8 Å². The molecule has 20 heavy (non-hydrogen) atoms. The van der Waals surface area contributed by atoms with Gasteiger partial charge in [0, 0.05) is 23.2 Å². The Hall–Kier alpha value is -2.62. The van der Waals surface area contributed by atoms with Crippen LogP contribution < -0.4 is 11.1 Å². The first-order chi connectivity index (χ1) is 9.66. The van der Waals surface area contributed by atoms with Crippen LogP contribution in [0.3, 0.4) is 0 Å². The van der Waals surface area contributed by atoms with Gasteiger partial charge in [0.05, 0.1) is 17.1 Å². The van der Waals surface area contributed by atoms with Gasteiger partial charge in [0.15, 0.2) is 0 Å². The highest BCUT2D eigenvalue weighted by atomic mass is 19.1. The van der Waals surface area contributed by atoms with E-state index in [1.165, 1.54) is 6.07 Å². The number of para-hydroxylation sites is 1. The summed E-state index contributed by atoms with van der Waals surface area (Å²) in [4.78, 5) is 4.06. The highest BCUT2D eigenvalue weighted by molar-refractivity contribution is 5.99. The fourth-order valence-corrected chi connectivity index (χ4v) is 2.23. The van der Waals surface area contributed by atoms with Crippen molar-refractivity contribution in [3.8, 4) is 0 Å². The Morgan fingerprint density at radius 3 is 2.80 bits per heavy atom. The molecule has 4 heteroatoms. The van der Waals surface area contributed by atoms with Gasteiger partial charge in [0.25, 0.3) is 0 Å². The number of fused-ring (bicyclic) bond motifs is 1. The smallest absolute Gasteiger partial charge is 0.146 e. The Morgan fingerprint density at radius 1 is 1.15 bits per heavy atom. The fourth-order valence-electron chi connectivity index (χ4n) is 2.23. The van der Waals surface area contributed by atoms with E-state index in [2.05, 4.69) is 10.3 Å². The van der Waals surface area contributed by atoms with E-state index in [1.807, 2.05) is 31.2 Å². The number of pyridine rings is 1. The van der Waals surface area contributed by atoms with Crippen molar-refractivity contribution < 1.29 is 4.39 Å². The van der Waals surface area contributed by atoms with Crippen molar-refractivity contribution in [3.05, 3.63) is 60.2 Å². The first kappa shape index (κ1) is 12.4. The molecule has 0 aliphatic heterocycles. The summed E-state index contributed by atoms with van der Waals surface area (Å²) in [5.74, 6) is -0.292. The van der Waals surface area contributed by atoms with Gasteiger partial charge < -0.3 is 11.1 Å². The third-order valence-electron chi connectivity index (χ3n) is 3.34. The molecule has 0 spiro atoms. The standard InChI is InChI=1S/C16H14FN3/c1-10-3-2-4-13(17)16(10)20-14-6-5-11-9-19-8-7-12(11)15(14)18/h2-9,20H,18H2,1H3. The predicted molar refractivity (Wildman–Crippen MR) is 80.6 cm³/mol. The first-order valence-electron chi connectivity index (χ1n) is 6.31. The predicted octanol–water partition coefficient (Wildman–Crippen LogP) is 4.01. The monoisotopic (exact) mass is 267 g/mol. The van der Waals surface area contributed by atoms with E-state index in [-0.39, 0.29) is 5.82 Å². The second-order valence-electron chi connectivity index (χ2n) is 4.68. The van der Waals surface area contributed by atoms with E-state index in [4.69, 9.17) is 5.73 Å². The van der Waals surface area contributed by atoms with Gasteiger partial charge >= 0.3 is 0 Å². The molecule has 3 aromatic rings. The fraction of sp³-hybridized carbons (Fsp3) is 0.0625. The molecule has 2 aromatic carbocycles. The number of anilines is 3. The highest BCUT2D eigenvalue weighted by Gasteiger charge is 2.09. The van der Waals surface area contributed by atoms with E-state index in [1.54, 1.807) is 18.5 Å². The lowest BCUT2D eigenvalue weighted by atomic mass is 10.1. The Labute approximate surface area is 116 Å². The lowest BCUT2D eigenvalue weighted by Gasteiger charge is -2.14. The van der Waals surface area contributed by atoms with E-state index >= 15 is 0 Å². The second kappa shape index (κ2) is 4.81. The number of rotatable bonds is 2. The second-order valence-corrected chi connectivity index (χ2v) is 4.68. The maximum Gasteiger partial charge on any atom is 0.146 e. The molecule has 0 fully saturated rings. The minimum atomic E-state index is -0.292. The van der Waals surface area contributed by atoms with Crippen molar-refractivity contribution in [1.29, 1.82) is 0 Å². The summed E-state index contributed by atoms with van der Waals surface area (Å²) in [6, 6.07) is 10.6. The van der Waals surface area contributed by atoms with Crippen LogP contribution in [-0.4, -0.2) is 4.98 Å². The van der Waals surface area contributed by atoms with Crippen molar-refractivity contribution in [2.75, 3.05) is 11.1 Å². The number of benzene rings is 2. The summed E-state index contributed by atoms with van der Waals surface area (Å²) < 4.78 is 13.9. The average Bonchev–Trinajstić information content (AvgIpc) is 2.45.